The van der Waals surface area contributed by atoms with Crippen molar-refractivity contribution in [1.29, 1.82) is 0 Å². The number of carboxylic acids is 1. The molecule has 1 aromatic heterocycles. The van der Waals surface area contributed by atoms with Gasteiger partial charge in [-0.15, -0.1) is 10.2 Å². The molecule has 0 saturated heterocycles. The van der Waals surface area contributed by atoms with Crippen LogP contribution in [0.4, 0.5) is 0 Å². The molecule has 1 heterocycles. The van der Waals surface area contributed by atoms with Crippen LogP contribution in [-0.2, 0) is 4.79 Å². The molecular formula is C12H12BrN3O2S. The Bertz CT molecular complexity index is 604. The number of halogens is 1. The highest BCUT2D eigenvalue weighted by Gasteiger charge is 2.14. The highest BCUT2D eigenvalue weighted by Crippen LogP contribution is 2.29. The first-order valence-corrected chi connectivity index (χ1v) is 7.28. The second-order valence-electron chi connectivity index (χ2n) is 4.08. The van der Waals surface area contributed by atoms with Crippen LogP contribution in [0.1, 0.15) is 11.1 Å². The van der Waals surface area contributed by atoms with E-state index in [2.05, 4.69) is 32.2 Å². The maximum atomic E-state index is 10.6. The molecule has 19 heavy (non-hydrogen) atoms. The van der Waals surface area contributed by atoms with Crippen molar-refractivity contribution in [3.05, 3.63) is 34.1 Å². The topological polar surface area (TPSA) is 68.0 Å². The van der Waals surface area contributed by atoms with E-state index in [0.717, 1.165) is 33.0 Å². The number of aryl methyl sites for hydroxylation is 2. The molecule has 0 spiro atoms. The average Bonchev–Trinajstić information content (AvgIpc) is 2.73. The van der Waals surface area contributed by atoms with Gasteiger partial charge in [-0.25, -0.2) is 0 Å². The summed E-state index contributed by atoms with van der Waals surface area (Å²) in [5, 5.41) is 17.1. The fourth-order valence-corrected chi connectivity index (χ4v) is 3.32. The van der Waals surface area contributed by atoms with E-state index in [0.29, 0.717) is 5.16 Å². The van der Waals surface area contributed by atoms with Crippen molar-refractivity contribution in [2.24, 2.45) is 0 Å². The van der Waals surface area contributed by atoms with Crippen LogP contribution in [0.5, 0.6) is 0 Å². The standard InChI is InChI=1S/C12H12BrN3O2S/c1-7-3-8(2)11(9(13)4-7)16-6-14-15-12(16)19-5-10(17)18/h3-4,6H,5H2,1-2H3,(H,17,18). The minimum Gasteiger partial charge on any atom is -0.481 e. The molecule has 100 valence electrons. The maximum absolute atomic E-state index is 10.6. The van der Waals surface area contributed by atoms with Gasteiger partial charge in [-0.2, -0.15) is 0 Å². The quantitative estimate of drug-likeness (QED) is 0.866. The van der Waals surface area contributed by atoms with Crippen LogP contribution in [-0.4, -0.2) is 31.6 Å². The van der Waals surface area contributed by atoms with Crippen molar-refractivity contribution in [3.8, 4) is 5.69 Å². The molecule has 0 amide bonds. The van der Waals surface area contributed by atoms with Crippen molar-refractivity contribution in [3.63, 3.8) is 0 Å². The normalized spacial score (nSPS) is 10.7. The predicted octanol–water partition coefficient (Wildman–Crippen LogP) is 2.82. The largest absolute Gasteiger partial charge is 0.481 e. The molecular weight excluding hydrogens is 330 g/mol. The lowest BCUT2D eigenvalue weighted by molar-refractivity contribution is -0.133. The van der Waals surface area contributed by atoms with E-state index in [1.807, 2.05) is 19.9 Å². The van der Waals surface area contributed by atoms with E-state index < -0.39 is 5.97 Å². The van der Waals surface area contributed by atoms with Crippen molar-refractivity contribution in [1.82, 2.24) is 14.8 Å². The fraction of sp³-hybridized carbons (Fsp3) is 0.250. The zero-order valence-electron chi connectivity index (χ0n) is 10.4. The molecule has 2 aromatic rings. The third-order valence-corrected chi connectivity index (χ3v) is 4.01. The van der Waals surface area contributed by atoms with Gasteiger partial charge in [0.1, 0.15) is 6.33 Å². The van der Waals surface area contributed by atoms with E-state index in [1.54, 1.807) is 10.9 Å². The van der Waals surface area contributed by atoms with Crippen LogP contribution in [0.2, 0.25) is 0 Å². The van der Waals surface area contributed by atoms with Gasteiger partial charge in [0.25, 0.3) is 0 Å². The van der Waals surface area contributed by atoms with Gasteiger partial charge >= 0.3 is 5.97 Å². The Hall–Kier alpha value is -1.34. The molecule has 0 aliphatic rings. The molecule has 1 N–H and O–H groups in total. The molecule has 0 saturated carbocycles. The van der Waals surface area contributed by atoms with E-state index >= 15 is 0 Å². The Morgan fingerprint density at radius 2 is 2.21 bits per heavy atom. The molecule has 5 nitrogen and oxygen atoms in total. The summed E-state index contributed by atoms with van der Waals surface area (Å²) in [6.07, 6.45) is 1.59. The predicted molar refractivity (Wildman–Crippen MR) is 76.9 cm³/mol. The molecule has 0 fully saturated rings. The Morgan fingerprint density at radius 3 is 2.84 bits per heavy atom. The van der Waals surface area contributed by atoms with Gasteiger partial charge < -0.3 is 5.11 Å². The van der Waals surface area contributed by atoms with Crippen LogP contribution < -0.4 is 0 Å². The number of aliphatic carboxylic acids is 1. The smallest absolute Gasteiger partial charge is 0.313 e. The number of carbonyl (C=O) groups is 1. The van der Waals surface area contributed by atoms with Gasteiger partial charge in [0, 0.05) is 4.47 Å². The number of carboxylic acid groups (broad SMARTS) is 1. The van der Waals surface area contributed by atoms with Crippen LogP contribution in [0.3, 0.4) is 0 Å². The lowest BCUT2D eigenvalue weighted by Crippen LogP contribution is -2.03. The molecule has 7 heteroatoms. The third-order valence-electron chi connectivity index (χ3n) is 2.48. The van der Waals surface area contributed by atoms with Crippen LogP contribution >= 0.6 is 27.7 Å². The molecule has 0 unspecified atom stereocenters. The fourth-order valence-electron chi connectivity index (χ4n) is 1.82. The summed E-state index contributed by atoms with van der Waals surface area (Å²) in [7, 11) is 0. The van der Waals surface area contributed by atoms with E-state index in [1.165, 1.54) is 0 Å². The van der Waals surface area contributed by atoms with Crippen LogP contribution in [0, 0.1) is 13.8 Å². The van der Waals surface area contributed by atoms with E-state index in [-0.39, 0.29) is 5.75 Å². The van der Waals surface area contributed by atoms with E-state index in [4.69, 9.17) is 5.11 Å². The first-order chi connectivity index (χ1) is 8.99. The summed E-state index contributed by atoms with van der Waals surface area (Å²) < 4.78 is 2.73. The highest BCUT2D eigenvalue weighted by atomic mass is 79.9. The summed E-state index contributed by atoms with van der Waals surface area (Å²) >= 11 is 4.68. The number of nitrogens with zero attached hydrogens (tertiary/aromatic N) is 3. The molecule has 0 radical (unpaired) electrons. The number of benzene rings is 1. The van der Waals surface area contributed by atoms with Gasteiger partial charge in [0.15, 0.2) is 5.16 Å². The summed E-state index contributed by atoms with van der Waals surface area (Å²) in [6, 6.07) is 4.07. The highest BCUT2D eigenvalue weighted by molar-refractivity contribution is 9.10. The zero-order valence-corrected chi connectivity index (χ0v) is 12.8. The summed E-state index contributed by atoms with van der Waals surface area (Å²) in [5.74, 6) is -0.916. The zero-order chi connectivity index (χ0) is 14.0. The molecule has 1 aromatic carbocycles. The average molecular weight is 342 g/mol. The first-order valence-electron chi connectivity index (χ1n) is 5.50. The maximum Gasteiger partial charge on any atom is 0.313 e. The SMILES string of the molecule is Cc1cc(C)c(-n2cnnc2SCC(=O)O)c(Br)c1. The van der Waals surface area contributed by atoms with E-state index in [9.17, 15) is 4.79 Å². The second kappa shape index (κ2) is 5.75. The Balaban J connectivity index is 2.43. The number of hydrogen-bond donors (Lipinski definition) is 1. The summed E-state index contributed by atoms with van der Waals surface area (Å²) in [6.45, 7) is 4.02. The molecule has 2 rings (SSSR count). The van der Waals surface area contributed by atoms with Crippen LogP contribution in [0.25, 0.3) is 5.69 Å². The van der Waals surface area contributed by atoms with Gasteiger partial charge in [-0.3, -0.25) is 9.36 Å². The van der Waals surface area contributed by atoms with Gasteiger partial charge in [-0.1, -0.05) is 17.8 Å². The Morgan fingerprint density at radius 1 is 1.47 bits per heavy atom. The van der Waals surface area contributed by atoms with Crippen LogP contribution in [0.15, 0.2) is 28.1 Å². The Labute approximate surface area is 123 Å². The summed E-state index contributed by atoms with van der Waals surface area (Å²) in [4.78, 5) is 10.6. The van der Waals surface area contributed by atoms with Crippen molar-refractivity contribution < 1.29 is 9.90 Å². The summed E-state index contributed by atoms with van der Waals surface area (Å²) in [5.41, 5.74) is 3.16. The Kier molecular flexibility index (Phi) is 4.26. The minimum atomic E-state index is -0.876. The second-order valence-corrected chi connectivity index (χ2v) is 5.88. The third kappa shape index (κ3) is 3.16. The number of rotatable bonds is 4. The molecule has 0 aliphatic heterocycles. The lowest BCUT2D eigenvalue weighted by atomic mass is 10.1. The minimum absolute atomic E-state index is 0.0405. The number of aromatic nitrogens is 3. The van der Waals surface area contributed by atoms with Crippen molar-refractivity contribution in [2.75, 3.05) is 5.75 Å². The van der Waals surface area contributed by atoms with Crippen molar-refractivity contribution in [2.45, 2.75) is 19.0 Å². The monoisotopic (exact) mass is 341 g/mol. The first kappa shape index (κ1) is 14.1. The number of hydrogen-bond acceptors (Lipinski definition) is 4. The lowest BCUT2D eigenvalue weighted by Gasteiger charge is -2.12. The van der Waals surface area contributed by atoms with Gasteiger partial charge in [-0.05, 0) is 47.0 Å². The van der Waals surface area contributed by atoms with Gasteiger partial charge in [0.2, 0.25) is 0 Å². The van der Waals surface area contributed by atoms with Gasteiger partial charge in [0.05, 0.1) is 11.4 Å². The van der Waals surface area contributed by atoms with Crippen molar-refractivity contribution >= 4 is 33.7 Å². The molecule has 0 aliphatic carbocycles. The molecule has 0 atom stereocenters. The molecule has 0 bridgehead atoms. The number of thioether (sulfide) groups is 1.